The van der Waals surface area contributed by atoms with Gasteiger partial charge in [-0.2, -0.15) is 5.10 Å². The topological polar surface area (TPSA) is 81.1 Å². The van der Waals surface area contributed by atoms with Crippen LogP contribution in [0, 0.1) is 0 Å². The van der Waals surface area contributed by atoms with Crippen LogP contribution in [0.5, 0.6) is 0 Å². The Balaban J connectivity index is 1.52. The fourth-order valence-electron chi connectivity index (χ4n) is 5.17. The Morgan fingerprint density at radius 3 is 2.76 bits per heavy atom. The molecule has 7 nitrogen and oxygen atoms in total. The van der Waals surface area contributed by atoms with Gasteiger partial charge in [0.25, 0.3) is 5.91 Å². The lowest BCUT2D eigenvalue weighted by Crippen LogP contribution is -2.44. The van der Waals surface area contributed by atoms with E-state index in [1.807, 2.05) is 36.0 Å². The van der Waals surface area contributed by atoms with Gasteiger partial charge in [0.2, 0.25) is 0 Å². The molecular weight excluding hydrogens is 438 g/mol. The number of anilines is 1. The molecule has 0 atom stereocenters. The standard InChI is InChI=1S/C25H30ClN5O2/c1-2-31-23-20(16-28-31)22(29-19-8-12-33-13-9-19)21(15-27-23)24(32)30-25(10-3-4-11-25)17-6-5-7-18(26)14-17/h5-7,14-16,19H,2-4,8-13H2,1H3,(H,27,29)(H,30,32). The molecule has 174 valence electrons. The van der Waals surface area contributed by atoms with Crippen molar-refractivity contribution in [3.05, 3.63) is 52.8 Å². The summed E-state index contributed by atoms with van der Waals surface area (Å²) in [5, 5.41) is 13.1. The summed E-state index contributed by atoms with van der Waals surface area (Å²) in [5.41, 5.74) is 2.79. The first-order valence-electron chi connectivity index (χ1n) is 11.9. The number of hydrogen-bond donors (Lipinski definition) is 2. The highest BCUT2D eigenvalue weighted by Gasteiger charge is 2.38. The Bertz CT molecular complexity index is 1150. The molecule has 0 unspecified atom stereocenters. The van der Waals surface area contributed by atoms with Crippen molar-refractivity contribution in [2.24, 2.45) is 0 Å². The van der Waals surface area contributed by atoms with Crippen LogP contribution in [0.1, 0.15) is 61.4 Å². The van der Waals surface area contributed by atoms with Gasteiger partial charge in [0, 0.05) is 37.0 Å². The number of nitrogens with zero attached hydrogens (tertiary/aromatic N) is 3. The minimum atomic E-state index is -0.416. The van der Waals surface area contributed by atoms with Crippen LogP contribution < -0.4 is 10.6 Å². The van der Waals surface area contributed by atoms with Gasteiger partial charge in [0.15, 0.2) is 5.65 Å². The lowest BCUT2D eigenvalue weighted by Gasteiger charge is -2.32. The summed E-state index contributed by atoms with van der Waals surface area (Å²) in [7, 11) is 0. The predicted molar refractivity (Wildman–Crippen MR) is 130 cm³/mol. The molecule has 0 radical (unpaired) electrons. The maximum absolute atomic E-state index is 13.8. The van der Waals surface area contributed by atoms with Crippen molar-refractivity contribution in [1.82, 2.24) is 20.1 Å². The SMILES string of the molecule is CCn1ncc2c(NC3CCOCC3)c(C(=O)NC3(c4cccc(Cl)c4)CCCC3)cnc21. The molecule has 3 aromatic rings. The van der Waals surface area contributed by atoms with Crippen LogP contribution in [0.15, 0.2) is 36.7 Å². The van der Waals surface area contributed by atoms with Gasteiger partial charge in [0.05, 0.1) is 28.4 Å². The van der Waals surface area contributed by atoms with E-state index in [1.54, 1.807) is 6.20 Å². The number of carbonyl (C=O) groups is 1. The summed E-state index contributed by atoms with van der Waals surface area (Å²) in [5.74, 6) is -0.120. The summed E-state index contributed by atoms with van der Waals surface area (Å²) in [4.78, 5) is 18.4. The molecule has 1 aromatic carbocycles. The largest absolute Gasteiger partial charge is 0.381 e. The second-order valence-corrected chi connectivity index (χ2v) is 9.47. The molecule has 0 spiro atoms. The summed E-state index contributed by atoms with van der Waals surface area (Å²) in [6.07, 6.45) is 9.23. The molecular formula is C25H30ClN5O2. The van der Waals surface area contributed by atoms with Gasteiger partial charge in [-0.1, -0.05) is 36.6 Å². The minimum Gasteiger partial charge on any atom is -0.381 e. The molecule has 2 N–H and O–H groups in total. The molecule has 2 aliphatic rings. The molecule has 2 fully saturated rings. The Morgan fingerprint density at radius 1 is 1.24 bits per heavy atom. The Morgan fingerprint density at radius 2 is 2.03 bits per heavy atom. The maximum atomic E-state index is 13.8. The summed E-state index contributed by atoms with van der Waals surface area (Å²) < 4.78 is 7.38. The summed E-state index contributed by atoms with van der Waals surface area (Å²) in [6.45, 7) is 4.20. The number of rotatable bonds is 6. The van der Waals surface area contributed by atoms with Crippen LogP contribution in [0.3, 0.4) is 0 Å². The highest BCUT2D eigenvalue weighted by molar-refractivity contribution is 6.30. The van der Waals surface area contributed by atoms with Gasteiger partial charge in [-0.25, -0.2) is 9.67 Å². The molecule has 33 heavy (non-hydrogen) atoms. The van der Waals surface area contributed by atoms with E-state index < -0.39 is 5.54 Å². The van der Waals surface area contributed by atoms with Crippen LogP contribution in [-0.4, -0.2) is 39.9 Å². The van der Waals surface area contributed by atoms with E-state index in [-0.39, 0.29) is 11.9 Å². The zero-order chi connectivity index (χ0) is 22.8. The molecule has 3 heterocycles. The molecule has 5 rings (SSSR count). The van der Waals surface area contributed by atoms with Crippen molar-refractivity contribution in [3.8, 4) is 0 Å². The monoisotopic (exact) mass is 467 g/mol. The highest BCUT2D eigenvalue weighted by Crippen LogP contribution is 2.40. The van der Waals surface area contributed by atoms with E-state index in [9.17, 15) is 4.79 Å². The van der Waals surface area contributed by atoms with E-state index in [1.165, 1.54) is 0 Å². The number of pyridine rings is 1. The number of ether oxygens (including phenoxy) is 1. The van der Waals surface area contributed by atoms with Crippen LogP contribution >= 0.6 is 11.6 Å². The lowest BCUT2D eigenvalue weighted by molar-refractivity contribution is 0.0894. The van der Waals surface area contributed by atoms with Crippen molar-refractivity contribution in [2.45, 2.75) is 63.6 Å². The number of aromatic nitrogens is 3. The average Bonchev–Trinajstić information content (AvgIpc) is 3.48. The molecule has 1 amide bonds. The predicted octanol–water partition coefficient (Wildman–Crippen LogP) is 4.89. The lowest BCUT2D eigenvalue weighted by atomic mass is 9.87. The number of halogens is 1. The van der Waals surface area contributed by atoms with E-state index in [2.05, 4.69) is 26.8 Å². The van der Waals surface area contributed by atoms with Crippen LogP contribution in [-0.2, 0) is 16.8 Å². The van der Waals surface area contributed by atoms with E-state index >= 15 is 0 Å². The van der Waals surface area contributed by atoms with Gasteiger partial charge in [-0.05, 0) is 50.3 Å². The summed E-state index contributed by atoms with van der Waals surface area (Å²) >= 11 is 6.30. The second-order valence-electron chi connectivity index (χ2n) is 9.03. The number of hydrogen-bond acceptors (Lipinski definition) is 5. The van der Waals surface area contributed by atoms with Crippen LogP contribution in [0.25, 0.3) is 11.0 Å². The van der Waals surface area contributed by atoms with E-state index in [0.29, 0.717) is 10.6 Å². The number of aryl methyl sites for hydroxylation is 1. The molecule has 1 aliphatic heterocycles. The van der Waals surface area contributed by atoms with Crippen molar-refractivity contribution < 1.29 is 9.53 Å². The fraction of sp³-hybridized carbons (Fsp3) is 0.480. The normalized spacial score (nSPS) is 18.5. The van der Waals surface area contributed by atoms with Crippen LogP contribution in [0.4, 0.5) is 5.69 Å². The average molecular weight is 468 g/mol. The maximum Gasteiger partial charge on any atom is 0.255 e. The zero-order valence-corrected chi connectivity index (χ0v) is 19.7. The van der Waals surface area contributed by atoms with Gasteiger partial charge < -0.3 is 15.4 Å². The smallest absolute Gasteiger partial charge is 0.255 e. The third-order valence-electron chi connectivity index (χ3n) is 6.97. The van der Waals surface area contributed by atoms with Gasteiger partial charge in [-0.3, -0.25) is 4.79 Å². The minimum absolute atomic E-state index is 0.120. The number of fused-ring (bicyclic) bond motifs is 1. The second kappa shape index (κ2) is 9.31. The van der Waals surface area contributed by atoms with Crippen LogP contribution in [0.2, 0.25) is 5.02 Å². The van der Waals surface area contributed by atoms with Gasteiger partial charge >= 0.3 is 0 Å². The first-order chi connectivity index (χ1) is 16.1. The molecule has 1 saturated heterocycles. The van der Waals surface area contributed by atoms with Crippen molar-refractivity contribution >= 4 is 34.2 Å². The number of nitrogens with one attached hydrogen (secondary N) is 2. The zero-order valence-electron chi connectivity index (χ0n) is 18.9. The molecule has 2 aromatic heterocycles. The fourth-order valence-corrected chi connectivity index (χ4v) is 5.36. The van der Waals surface area contributed by atoms with E-state index in [4.69, 9.17) is 16.3 Å². The third kappa shape index (κ3) is 4.32. The molecule has 0 bridgehead atoms. The third-order valence-corrected chi connectivity index (χ3v) is 7.20. The summed E-state index contributed by atoms with van der Waals surface area (Å²) in [6, 6.07) is 8.10. The Hall–Kier alpha value is -2.64. The van der Waals surface area contributed by atoms with Crippen molar-refractivity contribution in [2.75, 3.05) is 18.5 Å². The van der Waals surface area contributed by atoms with E-state index in [0.717, 1.165) is 80.6 Å². The molecule has 1 aliphatic carbocycles. The first kappa shape index (κ1) is 22.2. The quantitative estimate of drug-likeness (QED) is 0.539. The molecule has 1 saturated carbocycles. The number of amides is 1. The van der Waals surface area contributed by atoms with Gasteiger partial charge in [-0.15, -0.1) is 0 Å². The Labute approximate surface area is 198 Å². The Kier molecular flexibility index (Phi) is 6.25. The van der Waals surface area contributed by atoms with Crippen molar-refractivity contribution in [1.29, 1.82) is 0 Å². The number of carbonyl (C=O) groups excluding carboxylic acids is 1. The first-order valence-corrected chi connectivity index (χ1v) is 12.2. The van der Waals surface area contributed by atoms with Crippen molar-refractivity contribution in [3.63, 3.8) is 0 Å². The highest BCUT2D eigenvalue weighted by atomic mass is 35.5. The molecule has 8 heteroatoms. The number of benzene rings is 1. The van der Waals surface area contributed by atoms with Gasteiger partial charge in [0.1, 0.15) is 0 Å².